The minimum Gasteiger partial charge on any atom is -0.453 e. The number of carbonyl (C=O) groups is 1. The molecule has 0 saturated carbocycles. The number of alkyl carbamates (subject to hydrolysis) is 1. The smallest absolute Gasteiger partial charge is 0.406 e. The molecule has 0 atom stereocenters. The number of carbonyl (C=O) groups excluding carboxylic acids is 1. The lowest BCUT2D eigenvalue weighted by Crippen LogP contribution is -2.36. The van der Waals surface area contributed by atoms with Gasteiger partial charge in [-0.1, -0.05) is 32.0 Å². The van der Waals surface area contributed by atoms with Gasteiger partial charge in [0.25, 0.3) is 0 Å². The van der Waals surface area contributed by atoms with Crippen LogP contribution in [0.1, 0.15) is 43.4 Å². The molecule has 2 rings (SSSR count). The first-order chi connectivity index (χ1) is 9.03. The van der Waals surface area contributed by atoms with Gasteiger partial charge in [0.05, 0.1) is 7.11 Å². The van der Waals surface area contributed by atoms with E-state index in [9.17, 15) is 4.79 Å². The Morgan fingerprint density at radius 3 is 2.63 bits per heavy atom. The first-order valence-corrected chi connectivity index (χ1v) is 6.97. The van der Waals surface area contributed by atoms with Crippen molar-refractivity contribution in [3.63, 3.8) is 0 Å². The number of hydrogen-bond donors (Lipinski definition) is 1. The van der Waals surface area contributed by atoms with Gasteiger partial charge in [-0.25, -0.2) is 4.79 Å². The fourth-order valence-corrected chi connectivity index (χ4v) is 2.62. The average molecular weight is 261 g/mol. The molecule has 3 nitrogen and oxygen atoms in total. The molecule has 1 aromatic rings. The molecule has 1 aliphatic rings. The standard InChI is InChI=1S/C16H23NO2/c1-16(2,11-17-15(18)19-3)14-9-8-12-6-4-5-7-13(12)10-14/h8-10H,4-7,11H2,1-3H3,(H,17,18). The number of amides is 1. The Morgan fingerprint density at radius 2 is 1.95 bits per heavy atom. The van der Waals surface area contributed by atoms with Crippen molar-refractivity contribution < 1.29 is 9.53 Å². The van der Waals surface area contributed by atoms with E-state index in [1.807, 2.05) is 0 Å². The molecule has 0 unspecified atom stereocenters. The van der Waals surface area contributed by atoms with E-state index in [2.05, 4.69) is 42.1 Å². The molecule has 1 aliphatic carbocycles. The Balaban J connectivity index is 2.13. The number of nitrogens with one attached hydrogen (secondary N) is 1. The largest absolute Gasteiger partial charge is 0.453 e. The summed E-state index contributed by atoms with van der Waals surface area (Å²) in [5, 5.41) is 2.79. The quantitative estimate of drug-likeness (QED) is 0.907. The van der Waals surface area contributed by atoms with Crippen LogP contribution in [0.25, 0.3) is 0 Å². The summed E-state index contributed by atoms with van der Waals surface area (Å²) >= 11 is 0. The van der Waals surface area contributed by atoms with Crippen LogP contribution in [0.2, 0.25) is 0 Å². The van der Waals surface area contributed by atoms with Crippen molar-refractivity contribution in [2.75, 3.05) is 13.7 Å². The van der Waals surface area contributed by atoms with Crippen LogP contribution in [-0.4, -0.2) is 19.7 Å². The van der Waals surface area contributed by atoms with Crippen LogP contribution in [0, 0.1) is 0 Å². The Kier molecular flexibility index (Phi) is 4.13. The second-order valence-electron chi connectivity index (χ2n) is 5.92. The number of aryl methyl sites for hydroxylation is 2. The van der Waals surface area contributed by atoms with Gasteiger partial charge in [-0.3, -0.25) is 0 Å². The maximum atomic E-state index is 11.2. The average Bonchev–Trinajstić information content (AvgIpc) is 2.44. The van der Waals surface area contributed by atoms with Gasteiger partial charge in [0.1, 0.15) is 0 Å². The molecule has 0 saturated heterocycles. The van der Waals surface area contributed by atoms with Crippen molar-refractivity contribution in [1.29, 1.82) is 0 Å². The zero-order chi connectivity index (χ0) is 13.9. The minimum atomic E-state index is -0.369. The number of hydrogen-bond acceptors (Lipinski definition) is 2. The third-order valence-corrected chi connectivity index (χ3v) is 3.99. The number of methoxy groups -OCH3 is 1. The molecule has 1 aromatic carbocycles. The fraction of sp³-hybridized carbons (Fsp3) is 0.562. The van der Waals surface area contributed by atoms with E-state index >= 15 is 0 Å². The van der Waals surface area contributed by atoms with E-state index in [0.29, 0.717) is 6.54 Å². The second-order valence-corrected chi connectivity index (χ2v) is 5.92. The summed E-state index contributed by atoms with van der Waals surface area (Å²) in [6, 6.07) is 6.76. The first kappa shape index (κ1) is 13.9. The summed E-state index contributed by atoms with van der Waals surface area (Å²) in [5.74, 6) is 0. The topological polar surface area (TPSA) is 38.3 Å². The van der Waals surface area contributed by atoms with Crippen LogP contribution in [0.4, 0.5) is 4.79 Å². The van der Waals surface area contributed by atoms with Crippen molar-refractivity contribution in [1.82, 2.24) is 5.32 Å². The molecule has 19 heavy (non-hydrogen) atoms. The van der Waals surface area contributed by atoms with Gasteiger partial charge in [-0.2, -0.15) is 0 Å². The molecular formula is C16H23NO2. The summed E-state index contributed by atoms with van der Waals surface area (Å²) in [6.45, 7) is 4.87. The van der Waals surface area contributed by atoms with Crippen molar-refractivity contribution in [2.24, 2.45) is 0 Å². The van der Waals surface area contributed by atoms with Gasteiger partial charge < -0.3 is 10.1 Å². The van der Waals surface area contributed by atoms with E-state index < -0.39 is 0 Å². The minimum absolute atomic E-state index is 0.0827. The van der Waals surface area contributed by atoms with Gasteiger partial charge >= 0.3 is 6.09 Å². The summed E-state index contributed by atoms with van der Waals surface area (Å²) in [6.07, 6.45) is 4.61. The van der Waals surface area contributed by atoms with Crippen molar-refractivity contribution in [3.05, 3.63) is 34.9 Å². The molecule has 1 amide bonds. The zero-order valence-corrected chi connectivity index (χ0v) is 12.1. The maximum absolute atomic E-state index is 11.2. The number of fused-ring (bicyclic) bond motifs is 1. The van der Waals surface area contributed by atoms with Crippen molar-refractivity contribution >= 4 is 6.09 Å². The van der Waals surface area contributed by atoms with Crippen LogP contribution >= 0.6 is 0 Å². The predicted octanol–water partition coefficient (Wildman–Crippen LogP) is 3.20. The highest BCUT2D eigenvalue weighted by atomic mass is 16.5. The highest BCUT2D eigenvalue weighted by Gasteiger charge is 2.23. The lowest BCUT2D eigenvalue weighted by molar-refractivity contribution is 0.168. The summed E-state index contributed by atoms with van der Waals surface area (Å²) < 4.78 is 4.62. The van der Waals surface area contributed by atoms with Crippen LogP contribution in [0.3, 0.4) is 0 Å². The predicted molar refractivity (Wildman–Crippen MR) is 76.5 cm³/mol. The molecule has 0 spiro atoms. The lowest BCUT2D eigenvalue weighted by atomic mass is 9.81. The van der Waals surface area contributed by atoms with Gasteiger partial charge in [0.15, 0.2) is 0 Å². The van der Waals surface area contributed by atoms with Crippen molar-refractivity contribution in [2.45, 2.75) is 44.9 Å². The fourth-order valence-electron chi connectivity index (χ4n) is 2.62. The first-order valence-electron chi connectivity index (χ1n) is 6.97. The number of rotatable bonds is 3. The molecular weight excluding hydrogens is 238 g/mol. The monoisotopic (exact) mass is 261 g/mol. The Morgan fingerprint density at radius 1 is 1.26 bits per heavy atom. The molecule has 0 bridgehead atoms. The van der Waals surface area contributed by atoms with E-state index in [1.54, 1.807) is 0 Å². The van der Waals surface area contributed by atoms with Crippen LogP contribution < -0.4 is 5.32 Å². The summed E-state index contributed by atoms with van der Waals surface area (Å²) in [4.78, 5) is 11.2. The molecule has 0 aromatic heterocycles. The molecule has 104 valence electrons. The Bertz CT molecular complexity index is 466. The summed E-state index contributed by atoms with van der Waals surface area (Å²) in [5.41, 5.74) is 4.17. The maximum Gasteiger partial charge on any atom is 0.406 e. The van der Waals surface area contributed by atoms with E-state index in [4.69, 9.17) is 0 Å². The molecule has 0 aliphatic heterocycles. The van der Waals surface area contributed by atoms with E-state index in [1.165, 1.54) is 49.5 Å². The van der Waals surface area contributed by atoms with Gasteiger partial charge in [-0.15, -0.1) is 0 Å². The van der Waals surface area contributed by atoms with Crippen molar-refractivity contribution in [3.8, 4) is 0 Å². The number of benzene rings is 1. The highest BCUT2D eigenvalue weighted by Crippen LogP contribution is 2.28. The molecule has 0 heterocycles. The van der Waals surface area contributed by atoms with E-state index in [0.717, 1.165) is 0 Å². The van der Waals surface area contributed by atoms with Gasteiger partial charge in [0, 0.05) is 12.0 Å². The van der Waals surface area contributed by atoms with Gasteiger partial charge in [0.2, 0.25) is 0 Å². The molecule has 1 N–H and O–H groups in total. The third-order valence-electron chi connectivity index (χ3n) is 3.99. The van der Waals surface area contributed by atoms with Crippen LogP contribution in [-0.2, 0) is 23.0 Å². The van der Waals surface area contributed by atoms with Crippen LogP contribution in [0.5, 0.6) is 0 Å². The lowest BCUT2D eigenvalue weighted by Gasteiger charge is -2.27. The Hall–Kier alpha value is -1.51. The molecule has 0 fully saturated rings. The summed E-state index contributed by atoms with van der Waals surface area (Å²) in [7, 11) is 1.39. The third kappa shape index (κ3) is 3.28. The molecule has 3 heteroatoms. The second kappa shape index (κ2) is 5.64. The highest BCUT2D eigenvalue weighted by molar-refractivity contribution is 5.67. The SMILES string of the molecule is COC(=O)NCC(C)(C)c1ccc2c(c1)CCCC2. The van der Waals surface area contributed by atoms with Gasteiger partial charge in [-0.05, 0) is 42.4 Å². The Labute approximate surface area is 115 Å². The number of ether oxygens (including phenoxy) is 1. The molecule has 0 radical (unpaired) electrons. The normalized spacial score (nSPS) is 14.7. The van der Waals surface area contributed by atoms with Crippen LogP contribution in [0.15, 0.2) is 18.2 Å². The van der Waals surface area contributed by atoms with E-state index in [-0.39, 0.29) is 11.5 Å². The zero-order valence-electron chi connectivity index (χ0n) is 12.1.